The fraction of sp³-hybridized carbons (Fsp3) is 0.400. The van der Waals surface area contributed by atoms with Crippen molar-refractivity contribution in [2.75, 3.05) is 13.2 Å². The molecule has 2 aromatic rings. The van der Waals surface area contributed by atoms with Crippen molar-refractivity contribution >= 4 is 20.2 Å². The first-order valence-electron chi connectivity index (χ1n) is 9.22. The molecule has 8 heteroatoms. The van der Waals surface area contributed by atoms with Gasteiger partial charge in [-0.1, -0.05) is 55.7 Å². The SMILES string of the molecule is O=S(=O)(OCC1(COS(=O)(=O)c2ccccc2)CCCCC1)c1ccccc1. The summed E-state index contributed by atoms with van der Waals surface area (Å²) < 4.78 is 60.5. The van der Waals surface area contributed by atoms with Gasteiger partial charge in [-0.05, 0) is 37.1 Å². The predicted octanol–water partition coefficient (Wildman–Crippen LogP) is 3.75. The lowest BCUT2D eigenvalue weighted by Crippen LogP contribution is -2.36. The van der Waals surface area contributed by atoms with Gasteiger partial charge in [0.2, 0.25) is 0 Å². The van der Waals surface area contributed by atoms with Crippen LogP contribution in [0.2, 0.25) is 0 Å². The highest BCUT2D eigenvalue weighted by Gasteiger charge is 2.36. The third-order valence-corrected chi connectivity index (χ3v) is 7.57. The molecule has 0 N–H and O–H groups in total. The van der Waals surface area contributed by atoms with Crippen LogP contribution in [-0.2, 0) is 28.6 Å². The molecule has 1 saturated carbocycles. The van der Waals surface area contributed by atoms with Crippen molar-refractivity contribution in [2.24, 2.45) is 5.41 Å². The van der Waals surface area contributed by atoms with E-state index in [4.69, 9.17) is 8.37 Å². The molecule has 0 saturated heterocycles. The zero-order valence-corrected chi connectivity index (χ0v) is 17.1. The zero-order valence-electron chi connectivity index (χ0n) is 15.5. The van der Waals surface area contributed by atoms with Crippen molar-refractivity contribution < 1.29 is 25.2 Å². The summed E-state index contributed by atoms with van der Waals surface area (Å²) in [4.78, 5) is 0.164. The summed E-state index contributed by atoms with van der Waals surface area (Å²) in [7, 11) is -7.82. The van der Waals surface area contributed by atoms with Crippen LogP contribution in [0.3, 0.4) is 0 Å². The second kappa shape index (κ2) is 8.73. The summed E-state index contributed by atoms with van der Waals surface area (Å²) in [6, 6.07) is 15.8. The molecular weight excluding hydrogens is 400 g/mol. The van der Waals surface area contributed by atoms with Crippen molar-refractivity contribution in [2.45, 2.75) is 41.9 Å². The summed E-state index contributed by atoms with van der Waals surface area (Å²) in [6.07, 6.45) is 4.09. The topological polar surface area (TPSA) is 86.7 Å². The second-order valence-corrected chi connectivity index (χ2v) is 10.4. The van der Waals surface area contributed by atoms with E-state index >= 15 is 0 Å². The summed E-state index contributed by atoms with van der Waals surface area (Å²) in [5, 5.41) is 0. The first-order chi connectivity index (χ1) is 13.3. The Morgan fingerprint density at radius 2 is 1.04 bits per heavy atom. The lowest BCUT2D eigenvalue weighted by molar-refractivity contribution is 0.0489. The van der Waals surface area contributed by atoms with E-state index in [2.05, 4.69) is 0 Å². The zero-order chi connectivity index (χ0) is 20.1. The highest BCUT2D eigenvalue weighted by atomic mass is 32.2. The maximum Gasteiger partial charge on any atom is 0.296 e. The Balaban J connectivity index is 1.72. The molecule has 0 bridgehead atoms. The monoisotopic (exact) mass is 424 g/mol. The standard InChI is InChI=1S/C20H24O6S2/c21-27(22,18-10-4-1-5-11-18)25-16-20(14-8-3-9-15-20)17-26-28(23,24)19-12-6-2-7-13-19/h1-2,4-7,10-13H,3,8-9,14-17H2. The van der Waals surface area contributed by atoms with Gasteiger partial charge in [-0.2, -0.15) is 16.8 Å². The van der Waals surface area contributed by atoms with E-state index in [0.29, 0.717) is 12.8 Å². The third kappa shape index (κ3) is 5.20. The summed E-state index contributed by atoms with van der Waals surface area (Å²) in [5.74, 6) is 0. The lowest BCUT2D eigenvalue weighted by Gasteiger charge is -2.36. The molecule has 152 valence electrons. The molecule has 0 unspecified atom stereocenters. The summed E-state index contributed by atoms with van der Waals surface area (Å²) in [6.45, 7) is -0.205. The van der Waals surface area contributed by atoms with Crippen molar-refractivity contribution in [3.8, 4) is 0 Å². The van der Waals surface area contributed by atoms with Crippen LogP contribution in [0.5, 0.6) is 0 Å². The van der Waals surface area contributed by atoms with Crippen LogP contribution in [-0.4, -0.2) is 30.0 Å². The van der Waals surface area contributed by atoms with Crippen molar-refractivity contribution in [3.05, 3.63) is 60.7 Å². The van der Waals surface area contributed by atoms with Crippen molar-refractivity contribution in [3.63, 3.8) is 0 Å². The van der Waals surface area contributed by atoms with Gasteiger partial charge >= 0.3 is 0 Å². The maximum absolute atomic E-state index is 12.5. The Morgan fingerprint density at radius 3 is 1.43 bits per heavy atom. The largest absolute Gasteiger partial charge is 0.296 e. The van der Waals surface area contributed by atoms with Crippen LogP contribution in [0.4, 0.5) is 0 Å². The van der Waals surface area contributed by atoms with Crippen LogP contribution >= 0.6 is 0 Å². The van der Waals surface area contributed by atoms with Crippen LogP contribution in [0.25, 0.3) is 0 Å². The molecule has 0 amide bonds. The van der Waals surface area contributed by atoms with Gasteiger partial charge in [0.05, 0.1) is 23.0 Å². The molecular formula is C20H24O6S2. The van der Waals surface area contributed by atoms with E-state index < -0.39 is 25.7 Å². The molecule has 1 aliphatic rings. The van der Waals surface area contributed by atoms with Gasteiger partial charge in [-0.25, -0.2) is 0 Å². The normalized spacial score (nSPS) is 17.3. The Bertz CT molecular complexity index is 888. The minimum absolute atomic E-state index is 0.0822. The minimum atomic E-state index is -3.91. The van der Waals surface area contributed by atoms with E-state index in [0.717, 1.165) is 19.3 Å². The van der Waals surface area contributed by atoms with E-state index in [1.165, 1.54) is 24.3 Å². The van der Waals surface area contributed by atoms with Crippen molar-refractivity contribution in [1.29, 1.82) is 0 Å². The Morgan fingerprint density at radius 1 is 0.643 bits per heavy atom. The Labute approximate surface area is 166 Å². The summed E-state index contributed by atoms with van der Waals surface area (Å²) >= 11 is 0. The molecule has 6 nitrogen and oxygen atoms in total. The number of rotatable bonds is 8. The molecule has 0 spiro atoms. The van der Waals surface area contributed by atoms with E-state index in [1.54, 1.807) is 36.4 Å². The fourth-order valence-electron chi connectivity index (χ4n) is 3.35. The molecule has 28 heavy (non-hydrogen) atoms. The number of benzene rings is 2. The minimum Gasteiger partial charge on any atom is -0.266 e. The van der Waals surface area contributed by atoms with Gasteiger partial charge in [0, 0.05) is 5.41 Å². The summed E-state index contributed by atoms with van der Waals surface area (Å²) in [5.41, 5.74) is -0.651. The predicted molar refractivity (Wildman–Crippen MR) is 105 cm³/mol. The molecule has 1 aliphatic carbocycles. The van der Waals surface area contributed by atoms with Crippen LogP contribution < -0.4 is 0 Å². The lowest BCUT2D eigenvalue weighted by atomic mass is 9.75. The molecule has 0 aliphatic heterocycles. The Kier molecular flexibility index (Phi) is 6.54. The second-order valence-electron chi connectivity index (χ2n) is 7.12. The molecule has 2 aromatic carbocycles. The van der Waals surface area contributed by atoms with Gasteiger partial charge in [0.1, 0.15) is 0 Å². The average Bonchev–Trinajstić information content (AvgIpc) is 2.73. The third-order valence-electron chi connectivity index (χ3n) is 5.02. The van der Waals surface area contributed by atoms with Crippen LogP contribution in [0.15, 0.2) is 70.5 Å². The molecule has 1 fully saturated rings. The van der Waals surface area contributed by atoms with Crippen LogP contribution in [0.1, 0.15) is 32.1 Å². The van der Waals surface area contributed by atoms with Gasteiger partial charge < -0.3 is 0 Å². The van der Waals surface area contributed by atoms with Gasteiger partial charge in [-0.3, -0.25) is 8.37 Å². The molecule has 3 rings (SSSR count). The number of hydrogen-bond donors (Lipinski definition) is 0. The van der Waals surface area contributed by atoms with Gasteiger partial charge in [0.15, 0.2) is 0 Å². The highest BCUT2D eigenvalue weighted by Crippen LogP contribution is 2.38. The first-order valence-corrected chi connectivity index (χ1v) is 12.0. The van der Waals surface area contributed by atoms with Crippen LogP contribution in [0, 0.1) is 5.41 Å². The molecule has 0 heterocycles. The molecule has 0 aromatic heterocycles. The van der Waals surface area contributed by atoms with Gasteiger partial charge in [-0.15, -0.1) is 0 Å². The van der Waals surface area contributed by atoms with E-state index in [1.807, 2.05) is 0 Å². The molecule has 0 atom stereocenters. The van der Waals surface area contributed by atoms with Crippen molar-refractivity contribution in [1.82, 2.24) is 0 Å². The Hall–Kier alpha value is -1.74. The molecule has 0 radical (unpaired) electrons. The quantitative estimate of drug-likeness (QED) is 0.600. The maximum atomic E-state index is 12.5. The number of hydrogen-bond acceptors (Lipinski definition) is 6. The fourth-order valence-corrected chi connectivity index (χ4v) is 5.41. The first kappa shape index (κ1) is 21.0. The van der Waals surface area contributed by atoms with E-state index in [-0.39, 0.29) is 23.0 Å². The van der Waals surface area contributed by atoms with Gasteiger partial charge in [0.25, 0.3) is 20.2 Å². The smallest absolute Gasteiger partial charge is 0.266 e. The average molecular weight is 425 g/mol. The van der Waals surface area contributed by atoms with E-state index in [9.17, 15) is 16.8 Å². The highest BCUT2D eigenvalue weighted by molar-refractivity contribution is 7.87.